The highest BCUT2D eigenvalue weighted by molar-refractivity contribution is 6.17. The highest BCUT2D eigenvalue weighted by Gasteiger charge is 2.24. The topological polar surface area (TPSA) is 29.5 Å². The first kappa shape index (κ1) is 15.2. The van der Waals surface area contributed by atoms with Crippen molar-refractivity contribution >= 4 is 17.7 Å². The minimum Gasteiger partial charge on any atom is -0.445 e. The molecule has 0 saturated carbocycles. The highest BCUT2D eigenvalue weighted by Crippen LogP contribution is 2.21. The van der Waals surface area contributed by atoms with Crippen molar-refractivity contribution in [2.45, 2.75) is 32.3 Å². The maximum atomic E-state index is 12.1. The number of rotatable bonds is 5. The van der Waals surface area contributed by atoms with E-state index in [0.29, 0.717) is 18.4 Å². The van der Waals surface area contributed by atoms with Crippen LogP contribution in [0.1, 0.15) is 31.2 Å². The number of benzene rings is 1. The Balaban J connectivity index is 1.77. The van der Waals surface area contributed by atoms with Gasteiger partial charge >= 0.3 is 6.09 Å². The molecule has 2 rings (SSSR count). The van der Waals surface area contributed by atoms with Crippen molar-refractivity contribution in [3.8, 4) is 0 Å². The molecule has 4 heteroatoms. The molecule has 1 aromatic rings. The van der Waals surface area contributed by atoms with Gasteiger partial charge in [-0.2, -0.15) is 0 Å². The van der Waals surface area contributed by atoms with Crippen LogP contribution in [-0.2, 0) is 11.3 Å². The first-order chi connectivity index (χ1) is 9.79. The van der Waals surface area contributed by atoms with Crippen LogP contribution in [0.4, 0.5) is 4.79 Å². The Morgan fingerprint density at radius 3 is 2.90 bits per heavy atom. The number of hydrogen-bond acceptors (Lipinski definition) is 2. The number of carbonyl (C=O) groups is 1. The van der Waals surface area contributed by atoms with E-state index in [1.807, 2.05) is 35.2 Å². The summed E-state index contributed by atoms with van der Waals surface area (Å²) in [5.41, 5.74) is 1.02. The first-order valence-electron chi connectivity index (χ1n) is 7.31. The lowest BCUT2D eigenvalue weighted by atomic mass is 9.94. The van der Waals surface area contributed by atoms with Gasteiger partial charge in [-0.05, 0) is 37.2 Å². The average Bonchev–Trinajstić information content (AvgIpc) is 2.52. The SMILES string of the molecule is O=C(OCc1ccccc1)N1CCC[C@@H](CCCCl)C1. The number of hydrogen-bond donors (Lipinski definition) is 0. The maximum Gasteiger partial charge on any atom is 0.410 e. The lowest BCUT2D eigenvalue weighted by molar-refractivity contribution is 0.0779. The molecule has 1 amide bonds. The van der Waals surface area contributed by atoms with Gasteiger partial charge in [0.1, 0.15) is 6.61 Å². The van der Waals surface area contributed by atoms with Gasteiger partial charge in [0.25, 0.3) is 0 Å². The first-order valence-corrected chi connectivity index (χ1v) is 7.84. The van der Waals surface area contributed by atoms with E-state index in [4.69, 9.17) is 16.3 Å². The number of nitrogens with zero attached hydrogens (tertiary/aromatic N) is 1. The minimum atomic E-state index is -0.190. The summed E-state index contributed by atoms with van der Waals surface area (Å²) in [6.07, 6.45) is 4.20. The van der Waals surface area contributed by atoms with E-state index in [2.05, 4.69) is 0 Å². The third-order valence-electron chi connectivity index (χ3n) is 3.73. The van der Waals surface area contributed by atoms with Crippen LogP contribution in [-0.4, -0.2) is 30.0 Å². The summed E-state index contributed by atoms with van der Waals surface area (Å²) in [6.45, 7) is 1.97. The molecular weight excluding hydrogens is 274 g/mol. The molecule has 0 aliphatic carbocycles. The van der Waals surface area contributed by atoms with Crippen molar-refractivity contribution in [2.75, 3.05) is 19.0 Å². The van der Waals surface area contributed by atoms with Crippen LogP contribution in [0, 0.1) is 5.92 Å². The van der Waals surface area contributed by atoms with Gasteiger partial charge in [0, 0.05) is 19.0 Å². The molecule has 1 heterocycles. The number of carbonyl (C=O) groups excluding carboxylic acids is 1. The predicted octanol–water partition coefficient (Wildman–Crippen LogP) is 4.05. The third kappa shape index (κ3) is 4.71. The van der Waals surface area contributed by atoms with Crippen LogP contribution >= 0.6 is 11.6 Å². The van der Waals surface area contributed by atoms with E-state index < -0.39 is 0 Å². The van der Waals surface area contributed by atoms with Crippen molar-refractivity contribution in [1.82, 2.24) is 4.90 Å². The molecule has 0 radical (unpaired) electrons. The summed E-state index contributed by atoms with van der Waals surface area (Å²) < 4.78 is 5.38. The van der Waals surface area contributed by atoms with Crippen LogP contribution in [0.3, 0.4) is 0 Å². The molecule has 3 nitrogen and oxygen atoms in total. The number of likely N-dealkylation sites (tertiary alicyclic amines) is 1. The lowest BCUT2D eigenvalue weighted by Crippen LogP contribution is -2.40. The second kappa shape index (κ2) is 8.15. The number of piperidine rings is 1. The monoisotopic (exact) mass is 295 g/mol. The summed E-state index contributed by atoms with van der Waals surface area (Å²) in [5.74, 6) is 1.28. The Morgan fingerprint density at radius 2 is 2.15 bits per heavy atom. The van der Waals surface area contributed by atoms with Gasteiger partial charge in [0.05, 0.1) is 0 Å². The lowest BCUT2D eigenvalue weighted by Gasteiger charge is -2.32. The summed E-state index contributed by atoms with van der Waals surface area (Å²) in [5, 5.41) is 0. The highest BCUT2D eigenvalue weighted by atomic mass is 35.5. The Hall–Kier alpha value is -1.22. The van der Waals surface area contributed by atoms with Crippen molar-refractivity contribution < 1.29 is 9.53 Å². The molecule has 0 N–H and O–H groups in total. The van der Waals surface area contributed by atoms with Gasteiger partial charge in [-0.3, -0.25) is 0 Å². The molecule has 0 unspecified atom stereocenters. The molecule has 0 spiro atoms. The van der Waals surface area contributed by atoms with Crippen LogP contribution in [0.25, 0.3) is 0 Å². The van der Waals surface area contributed by atoms with Gasteiger partial charge in [-0.15, -0.1) is 11.6 Å². The number of halogens is 1. The van der Waals surface area contributed by atoms with Gasteiger partial charge < -0.3 is 9.64 Å². The summed E-state index contributed by atoms with van der Waals surface area (Å²) in [4.78, 5) is 13.9. The Kier molecular flexibility index (Phi) is 6.19. The fraction of sp³-hybridized carbons (Fsp3) is 0.562. The molecule has 20 heavy (non-hydrogen) atoms. The molecule has 1 atom stereocenters. The van der Waals surface area contributed by atoms with E-state index in [1.165, 1.54) is 6.42 Å². The van der Waals surface area contributed by atoms with Gasteiger partial charge in [0.15, 0.2) is 0 Å². The fourth-order valence-corrected chi connectivity index (χ4v) is 2.80. The zero-order chi connectivity index (χ0) is 14.2. The van der Waals surface area contributed by atoms with Gasteiger partial charge in [-0.25, -0.2) is 4.79 Å². The smallest absolute Gasteiger partial charge is 0.410 e. The van der Waals surface area contributed by atoms with Crippen LogP contribution in [0.2, 0.25) is 0 Å². The maximum absolute atomic E-state index is 12.1. The fourth-order valence-electron chi connectivity index (χ4n) is 2.64. The number of alkyl halides is 1. The van der Waals surface area contributed by atoms with Crippen molar-refractivity contribution in [3.63, 3.8) is 0 Å². The zero-order valence-electron chi connectivity index (χ0n) is 11.8. The van der Waals surface area contributed by atoms with Crippen LogP contribution < -0.4 is 0 Å². The standard InChI is InChI=1S/C16H22ClNO2/c17-10-4-8-14-9-5-11-18(12-14)16(19)20-13-15-6-2-1-3-7-15/h1-3,6-7,14H,4-5,8-13H2/t14-/m1/s1. The second-order valence-electron chi connectivity index (χ2n) is 5.33. The second-order valence-corrected chi connectivity index (χ2v) is 5.70. The normalized spacial score (nSPS) is 18.9. The third-order valence-corrected chi connectivity index (χ3v) is 4.00. The summed E-state index contributed by atoms with van der Waals surface area (Å²) >= 11 is 5.73. The minimum absolute atomic E-state index is 0.190. The van der Waals surface area contributed by atoms with Crippen molar-refractivity contribution in [3.05, 3.63) is 35.9 Å². The van der Waals surface area contributed by atoms with Gasteiger partial charge in [0.2, 0.25) is 0 Å². The van der Waals surface area contributed by atoms with E-state index in [0.717, 1.165) is 37.9 Å². The Morgan fingerprint density at radius 1 is 1.35 bits per heavy atom. The largest absolute Gasteiger partial charge is 0.445 e. The van der Waals surface area contributed by atoms with Gasteiger partial charge in [-0.1, -0.05) is 30.3 Å². The Bertz CT molecular complexity index is 410. The van der Waals surface area contributed by atoms with E-state index in [9.17, 15) is 4.79 Å². The summed E-state index contributed by atoms with van der Waals surface area (Å²) in [6, 6.07) is 9.79. The molecule has 110 valence electrons. The molecule has 1 saturated heterocycles. The predicted molar refractivity (Wildman–Crippen MR) is 80.9 cm³/mol. The van der Waals surface area contributed by atoms with E-state index in [1.54, 1.807) is 0 Å². The molecule has 1 aliphatic rings. The molecular formula is C16H22ClNO2. The quantitative estimate of drug-likeness (QED) is 0.767. The molecule has 0 aromatic heterocycles. The van der Waals surface area contributed by atoms with Crippen molar-refractivity contribution in [2.24, 2.45) is 5.92 Å². The van der Waals surface area contributed by atoms with Crippen LogP contribution in [0.15, 0.2) is 30.3 Å². The van der Waals surface area contributed by atoms with E-state index >= 15 is 0 Å². The average molecular weight is 296 g/mol. The molecule has 1 aliphatic heterocycles. The molecule has 1 fully saturated rings. The Labute approximate surface area is 125 Å². The van der Waals surface area contributed by atoms with Crippen LogP contribution in [0.5, 0.6) is 0 Å². The summed E-state index contributed by atoms with van der Waals surface area (Å²) in [7, 11) is 0. The van der Waals surface area contributed by atoms with E-state index in [-0.39, 0.29) is 6.09 Å². The molecule has 0 bridgehead atoms. The number of ether oxygens (including phenoxy) is 1. The zero-order valence-corrected chi connectivity index (χ0v) is 12.5. The van der Waals surface area contributed by atoms with Crippen molar-refractivity contribution in [1.29, 1.82) is 0 Å². The molecule has 1 aromatic carbocycles. The number of amides is 1.